The molecule has 0 fully saturated rings. The summed E-state index contributed by atoms with van der Waals surface area (Å²) in [6.45, 7) is 6.87. The van der Waals surface area contributed by atoms with Gasteiger partial charge in [0.25, 0.3) is 0 Å². The van der Waals surface area contributed by atoms with Gasteiger partial charge < -0.3 is 24.4 Å². The first kappa shape index (κ1) is 19.7. The van der Waals surface area contributed by atoms with Crippen molar-refractivity contribution in [2.45, 2.75) is 19.2 Å². The summed E-state index contributed by atoms with van der Waals surface area (Å²) in [4.78, 5) is 3.56. The highest BCUT2D eigenvalue weighted by Crippen LogP contribution is 2.40. The van der Waals surface area contributed by atoms with E-state index in [1.165, 1.54) is 4.90 Å². The van der Waals surface area contributed by atoms with Gasteiger partial charge >= 0.3 is 0 Å². The second kappa shape index (κ2) is 7.72. The average Bonchev–Trinajstić information content (AvgIpc) is 3.09. The summed E-state index contributed by atoms with van der Waals surface area (Å²) < 4.78 is 35.5. The van der Waals surface area contributed by atoms with E-state index in [2.05, 4.69) is 4.90 Å². The lowest BCUT2D eigenvalue weighted by molar-refractivity contribution is -0.332. The molecule has 3 rings (SSSR count). The quantitative estimate of drug-likeness (QED) is 0.719. The lowest BCUT2D eigenvalue weighted by Gasteiger charge is -2.33. The van der Waals surface area contributed by atoms with E-state index in [4.69, 9.17) is 9.47 Å². The fraction of sp³-hybridized carbons (Fsp3) is 0.500. The summed E-state index contributed by atoms with van der Waals surface area (Å²) in [6.07, 6.45) is 0. The summed E-state index contributed by atoms with van der Waals surface area (Å²) in [5.41, 5.74) is 0.515. The van der Waals surface area contributed by atoms with E-state index in [1.807, 2.05) is 13.8 Å². The molecule has 0 aromatic heterocycles. The number of benzene rings is 1. The number of likely N-dealkylation sites (N-methyl/N-ethyl adjacent to an activating group) is 1. The van der Waals surface area contributed by atoms with E-state index in [0.29, 0.717) is 30.2 Å². The Kier molecular flexibility index (Phi) is 6.08. The number of fused-ring (bicyclic) bond motifs is 1. The topological polar surface area (TPSA) is 82.1 Å². The molecule has 1 unspecified atom stereocenters. The molecule has 25 heavy (non-hydrogen) atoms. The van der Waals surface area contributed by atoms with E-state index < -0.39 is 21.1 Å². The second-order valence-electron chi connectivity index (χ2n) is 5.73. The van der Waals surface area contributed by atoms with Crippen molar-refractivity contribution in [2.75, 3.05) is 33.0 Å². The summed E-state index contributed by atoms with van der Waals surface area (Å²) in [5, 5.41) is 12.0. The minimum Gasteiger partial charge on any atom is -0.860 e. The third-order valence-corrected chi connectivity index (χ3v) is 6.05. The van der Waals surface area contributed by atoms with Crippen LogP contribution in [0.25, 0.3) is 0 Å². The van der Waals surface area contributed by atoms with Crippen LogP contribution in [-0.4, -0.2) is 51.2 Å². The molecule has 0 amide bonds. The molecule has 1 aromatic rings. The van der Waals surface area contributed by atoms with Crippen LogP contribution < -0.4 is 14.6 Å². The maximum Gasteiger partial charge on any atom is 0.231 e. The van der Waals surface area contributed by atoms with Crippen molar-refractivity contribution >= 4 is 22.2 Å². The molecular weight excluding hydrogens is 368 g/mol. The zero-order chi connectivity index (χ0) is 17.3. The third kappa shape index (κ3) is 3.80. The summed E-state index contributed by atoms with van der Waals surface area (Å²) >= 11 is 0. The average molecular weight is 390 g/mol. The van der Waals surface area contributed by atoms with E-state index in [1.54, 1.807) is 18.2 Å². The van der Waals surface area contributed by atoms with Crippen molar-refractivity contribution in [2.24, 2.45) is 0 Å². The minimum absolute atomic E-state index is 0. The summed E-state index contributed by atoms with van der Waals surface area (Å²) in [6, 6.07) is 4.99. The third-order valence-electron chi connectivity index (χ3n) is 4.38. The van der Waals surface area contributed by atoms with Gasteiger partial charge in [0.2, 0.25) is 6.79 Å². The fourth-order valence-corrected chi connectivity index (χ4v) is 4.65. The maximum atomic E-state index is 12.5. The molecule has 0 saturated carbocycles. The summed E-state index contributed by atoms with van der Waals surface area (Å²) in [5.74, 6) is 0.620. The van der Waals surface area contributed by atoms with Gasteiger partial charge in [-0.3, -0.25) is 0 Å². The van der Waals surface area contributed by atoms with Crippen LogP contribution in [0.4, 0.5) is 0 Å². The van der Waals surface area contributed by atoms with E-state index in [9.17, 15) is 13.5 Å². The highest BCUT2D eigenvalue weighted by atomic mass is 35.5. The van der Waals surface area contributed by atoms with Crippen molar-refractivity contribution in [1.29, 1.82) is 0 Å². The number of rotatable bonds is 6. The van der Waals surface area contributed by atoms with Gasteiger partial charge in [0, 0.05) is 18.5 Å². The van der Waals surface area contributed by atoms with Crippen LogP contribution >= 0.6 is 12.4 Å². The monoisotopic (exact) mass is 389 g/mol. The molecule has 0 aliphatic carbocycles. The normalized spacial score (nSPS) is 20.5. The van der Waals surface area contributed by atoms with E-state index >= 15 is 0 Å². The molecule has 2 aliphatic heterocycles. The highest BCUT2D eigenvalue weighted by molar-refractivity contribution is 7.94. The fourth-order valence-electron chi connectivity index (χ4n) is 3.02. The molecule has 2 heterocycles. The molecule has 1 atom stereocenters. The Morgan fingerprint density at radius 2 is 1.92 bits per heavy atom. The van der Waals surface area contributed by atoms with Gasteiger partial charge in [-0.05, 0) is 36.7 Å². The van der Waals surface area contributed by atoms with E-state index in [0.717, 1.165) is 18.5 Å². The predicted octanol–water partition coefficient (Wildman–Crippen LogP) is 1.07. The molecule has 0 saturated heterocycles. The van der Waals surface area contributed by atoms with Crippen molar-refractivity contribution in [3.8, 4) is 11.5 Å². The number of ether oxygens (including phenoxy) is 2. The lowest BCUT2D eigenvalue weighted by Crippen LogP contribution is -2.38. The Hall–Kier alpha value is -1.64. The highest BCUT2D eigenvalue weighted by Gasteiger charge is 2.37. The van der Waals surface area contributed by atoms with Crippen molar-refractivity contribution in [3.63, 3.8) is 0 Å². The van der Waals surface area contributed by atoms with Crippen LogP contribution in [0, 0.1) is 0 Å². The van der Waals surface area contributed by atoms with Crippen LogP contribution in [0.2, 0.25) is 0 Å². The number of nitrogens with zero attached hydrogens (tertiary/aromatic N) is 2. The van der Waals surface area contributed by atoms with Gasteiger partial charge in [-0.25, -0.2) is 8.42 Å². The number of halogens is 1. The summed E-state index contributed by atoms with van der Waals surface area (Å²) in [7, 11) is -3.68. The Balaban J connectivity index is 0.00000225. The van der Waals surface area contributed by atoms with Gasteiger partial charge in [0.15, 0.2) is 26.7 Å². The molecule has 9 heteroatoms. The predicted molar refractivity (Wildman–Crippen MR) is 94.1 cm³/mol. The first-order valence-electron chi connectivity index (χ1n) is 7.97. The molecule has 140 valence electrons. The van der Waals surface area contributed by atoms with Crippen LogP contribution in [0.5, 0.6) is 11.5 Å². The molecule has 0 spiro atoms. The molecule has 0 bridgehead atoms. The molecule has 7 nitrogen and oxygen atoms in total. The van der Waals surface area contributed by atoms with Gasteiger partial charge in [-0.1, -0.05) is 19.9 Å². The minimum atomic E-state index is -3.68. The standard InChI is InChI=1S/C16H22N2O5S.ClH/c1-3-17(4-2)7-8-18-15(19)10-24(20,21)16(18)12-5-6-13-14(9-12)23-11-22-13;/h5-6,9-10,16,19H,3-4,7-8,11H2,1-2H3;1H/p-1. The van der Waals surface area contributed by atoms with Gasteiger partial charge in [-0.2, -0.15) is 0 Å². The molecule has 0 radical (unpaired) electrons. The first-order valence-corrected chi connectivity index (χ1v) is 9.58. The van der Waals surface area contributed by atoms with Gasteiger partial charge in [0.05, 0.1) is 0 Å². The lowest BCUT2D eigenvalue weighted by atomic mass is 10.2. The second-order valence-corrected chi connectivity index (χ2v) is 7.59. The van der Waals surface area contributed by atoms with Crippen molar-refractivity contribution in [3.05, 3.63) is 35.1 Å². The van der Waals surface area contributed by atoms with Crippen molar-refractivity contribution < 1.29 is 23.0 Å². The zero-order valence-electron chi connectivity index (χ0n) is 14.2. The Bertz CT molecular complexity index is 749. The molecule has 0 N–H and O–H groups in total. The molecular formula is C16H22ClN2O5S-. The van der Waals surface area contributed by atoms with Gasteiger partial charge in [-0.15, -0.1) is 12.4 Å². The van der Waals surface area contributed by atoms with Crippen LogP contribution in [0.3, 0.4) is 0 Å². The van der Waals surface area contributed by atoms with Crippen LogP contribution in [0.15, 0.2) is 29.5 Å². The van der Waals surface area contributed by atoms with Gasteiger partial charge in [0.1, 0.15) is 0 Å². The Morgan fingerprint density at radius 1 is 1.24 bits per heavy atom. The number of hydrogen-bond donors (Lipinski definition) is 0. The number of sulfone groups is 1. The molecule has 2 aliphatic rings. The largest absolute Gasteiger partial charge is 0.860 e. The Labute approximate surface area is 154 Å². The van der Waals surface area contributed by atoms with Crippen molar-refractivity contribution in [1.82, 2.24) is 9.80 Å². The SMILES string of the molecule is CCN(CC)CCN1C([O-])=CS(=O)(=O)C1c1ccc2c(c1)OCO2.Cl. The van der Waals surface area contributed by atoms with E-state index in [-0.39, 0.29) is 19.2 Å². The maximum absolute atomic E-state index is 12.5. The van der Waals surface area contributed by atoms with Crippen LogP contribution in [0.1, 0.15) is 24.8 Å². The Morgan fingerprint density at radius 3 is 2.60 bits per heavy atom. The van der Waals surface area contributed by atoms with Crippen LogP contribution in [-0.2, 0) is 9.84 Å². The zero-order valence-corrected chi connectivity index (χ0v) is 15.8. The first-order chi connectivity index (χ1) is 11.5. The molecule has 1 aromatic carbocycles. The smallest absolute Gasteiger partial charge is 0.231 e. The number of hydrogen-bond acceptors (Lipinski definition) is 7.